The molecule has 2 fully saturated rings. The number of cyclic esters (lactones) is 2. The lowest BCUT2D eigenvalue weighted by Gasteiger charge is -2.38. The van der Waals surface area contributed by atoms with Gasteiger partial charge in [-0.25, -0.2) is 9.29 Å². The second kappa shape index (κ2) is 8.80. The number of likely N-dealkylation sites (N-methyl/N-ethyl adjacent to an activating group) is 1. The second-order valence-corrected chi connectivity index (χ2v) is 7.44. The van der Waals surface area contributed by atoms with Crippen molar-refractivity contribution in [3.8, 4) is 0 Å². The number of rotatable bonds is 5. The zero-order valence-electron chi connectivity index (χ0n) is 17.1. The highest BCUT2D eigenvalue weighted by Crippen LogP contribution is 2.30. The third-order valence-corrected chi connectivity index (χ3v) is 5.10. The molecule has 0 spiro atoms. The van der Waals surface area contributed by atoms with Gasteiger partial charge >= 0.3 is 17.7 Å². The fraction of sp³-hybridized carbons (Fsp3) is 0.450. The number of hydrogen-bond donors (Lipinski definition) is 1. The number of halogens is 1. The number of ether oxygens (including phenoxy) is 2. The fourth-order valence-corrected chi connectivity index (χ4v) is 3.40. The van der Waals surface area contributed by atoms with Crippen LogP contribution in [0, 0.1) is 5.82 Å². The van der Waals surface area contributed by atoms with E-state index in [9.17, 15) is 28.4 Å². The molecule has 2 saturated heterocycles. The van der Waals surface area contributed by atoms with Crippen LogP contribution < -0.4 is 5.32 Å². The van der Waals surface area contributed by atoms with Crippen molar-refractivity contribution in [3.63, 3.8) is 0 Å². The Hall–Kier alpha value is -3.34. The van der Waals surface area contributed by atoms with Gasteiger partial charge in [0.05, 0.1) is 25.3 Å². The average Bonchev–Trinajstić information content (AvgIpc) is 3.02. The molecule has 0 bridgehead atoms. The topological polar surface area (TPSA) is 122 Å². The van der Waals surface area contributed by atoms with Crippen LogP contribution in [0.5, 0.6) is 0 Å². The average molecular weight is 435 g/mol. The Balaban J connectivity index is 1.97. The highest BCUT2D eigenvalue weighted by atomic mass is 19.1. The van der Waals surface area contributed by atoms with E-state index in [2.05, 4.69) is 5.32 Å². The number of nitrogens with zero attached hydrogens (tertiary/aromatic N) is 2. The number of carbonyl (C=O) groups excluding carboxylic acids is 5. The molecule has 2 unspecified atom stereocenters. The van der Waals surface area contributed by atoms with Crippen molar-refractivity contribution < 1.29 is 37.8 Å². The Bertz CT molecular complexity index is 935. The normalized spacial score (nSPS) is 24.5. The molecule has 2 atom stereocenters. The van der Waals surface area contributed by atoms with Gasteiger partial charge in [-0.05, 0) is 20.2 Å². The van der Waals surface area contributed by atoms with E-state index in [-0.39, 0.29) is 24.9 Å². The van der Waals surface area contributed by atoms with Gasteiger partial charge in [-0.15, -0.1) is 0 Å². The van der Waals surface area contributed by atoms with E-state index in [0.29, 0.717) is 4.90 Å². The Labute approximate surface area is 177 Å². The molecule has 11 heteroatoms. The van der Waals surface area contributed by atoms with Crippen molar-refractivity contribution in [2.24, 2.45) is 0 Å². The van der Waals surface area contributed by atoms with Gasteiger partial charge in [0.25, 0.3) is 11.8 Å². The number of likely N-dealkylation sites (tertiary alicyclic amines) is 1. The van der Waals surface area contributed by atoms with E-state index >= 15 is 0 Å². The molecule has 2 aliphatic heterocycles. The van der Waals surface area contributed by atoms with Gasteiger partial charge in [-0.2, -0.15) is 0 Å². The van der Waals surface area contributed by atoms with Gasteiger partial charge in [0, 0.05) is 12.1 Å². The summed E-state index contributed by atoms with van der Waals surface area (Å²) in [5.41, 5.74) is -2.40. The monoisotopic (exact) mass is 435 g/mol. The maximum atomic E-state index is 13.9. The van der Waals surface area contributed by atoms with Crippen LogP contribution in [0.4, 0.5) is 4.39 Å². The molecule has 3 rings (SSSR count). The quantitative estimate of drug-likeness (QED) is 0.495. The Morgan fingerprint density at radius 3 is 2.52 bits per heavy atom. The van der Waals surface area contributed by atoms with Crippen LogP contribution in [0.3, 0.4) is 0 Å². The van der Waals surface area contributed by atoms with Crippen molar-refractivity contribution >= 4 is 29.7 Å². The predicted molar refractivity (Wildman–Crippen MR) is 101 cm³/mol. The van der Waals surface area contributed by atoms with Crippen molar-refractivity contribution in [1.82, 2.24) is 15.1 Å². The Morgan fingerprint density at radius 1 is 1.19 bits per heavy atom. The fourth-order valence-electron chi connectivity index (χ4n) is 3.40. The summed E-state index contributed by atoms with van der Waals surface area (Å²) in [6, 6.07) is 4.78. The number of amides is 3. The lowest BCUT2D eigenvalue weighted by Crippen LogP contribution is -2.66. The molecule has 0 radical (unpaired) electrons. The number of nitrogens with one attached hydrogen (secondary N) is 1. The molecule has 166 valence electrons. The first-order valence-corrected chi connectivity index (χ1v) is 9.58. The highest BCUT2D eigenvalue weighted by molar-refractivity contribution is 6.10. The van der Waals surface area contributed by atoms with Crippen LogP contribution in [-0.2, 0) is 40.0 Å². The summed E-state index contributed by atoms with van der Waals surface area (Å²) >= 11 is 0. The standard InChI is InChI=1S/C20H22FN3O7/c1-23(2)14-9-15(25)24(18(14)28)20(11-30-16(26)7-8-17(27)31-20)19(29)22-10-12-5-3-4-6-13(12)21/h3-6,14H,7-11H2,1-2H3,(H,22,29). The van der Waals surface area contributed by atoms with Gasteiger partial charge in [-0.1, -0.05) is 18.2 Å². The van der Waals surface area contributed by atoms with E-state index in [1.54, 1.807) is 20.2 Å². The van der Waals surface area contributed by atoms with Gasteiger partial charge in [0.2, 0.25) is 5.91 Å². The van der Waals surface area contributed by atoms with Gasteiger partial charge < -0.3 is 14.8 Å². The SMILES string of the molecule is CN(C)C1CC(=O)N(C2(C(=O)NCc3ccccc3F)COC(=O)CCC(=O)O2)C1=O. The van der Waals surface area contributed by atoms with Crippen molar-refractivity contribution in [2.45, 2.75) is 37.6 Å². The molecule has 31 heavy (non-hydrogen) atoms. The maximum Gasteiger partial charge on any atom is 0.309 e. The molecular weight excluding hydrogens is 413 g/mol. The zero-order chi connectivity index (χ0) is 22.8. The summed E-state index contributed by atoms with van der Waals surface area (Å²) in [7, 11) is 3.16. The molecule has 2 heterocycles. The highest BCUT2D eigenvalue weighted by Gasteiger charge is 2.59. The molecule has 3 amide bonds. The summed E-state index contributed by atoms with van der Waals surface area (Å²) in [6.07, 6.45) is -0.915. The molecule has 1 aromatic carbocycles. The van der Waals surface area contributed by atoms with E-state index < -0.39 is 60.3 Å². The van der Waals surface area contributed by atoms with Crippen LogP contribution in [0.2, 0.25) is 0 Å². The first-order valence-electron chi connectivity index (χ1n) is 9.58. The van der Waals surface area contributed by atoms with Gasteiger partial charge in [0.1, 0.15) is 5.82 Å². The van der Waals surface area contributed by atoms with Crippen LogP contribution in [0.25, 0.3) is 0 Å². The van der Waals surface area contributed by atoms with Crippen molar-refractivity contribution in [3.05, 3.63) is 35.6 Å². The van der Waals surface area contributed by atoms with E-state index in [1.165, 1.54) is 23.1 Å². The van der Waals surface area contributed by atoms with Crippen LogP contribution in [0.15, 0.2) is 24.3 Å². The number of benzene rings is 1. The third kappa shape index (κ3) is 4.41. The molecule has 2 aliphatic rings. The first-order chi connectivity index (χ1) is 14.7. The first kappa shape index (κ1) is 22.3. The van der Waals surface area contributed by atoms with Crippen molar-refractivity contribution in [1.29, 1.82) is 0 Å². The molecule has 1 aromatic rings. The molecular formula is C20H22FN3O7. The number of carbonyl (C=O) groups is 5. The maximum absolute atomic E-state index is 13.9. The van der Waals surface area contributed by atoms with E-state index in [4.69, 9.17) is 9.47 Å². The van der Waals surface area contributed by atoms with Gasteiger partial charge in [0.15, 0.2) is 6.61 Å². The van der Waals surface area contributed by atoms with E-state index in [1.807, 2.05) is 0 Å². The molecule has 1 N–H and O–H groups in total. The number of esters is 2. The molecule has 0 saturated carbocycles. The minimum absolute atomic E-state index is 0.130. The largest absolute Gasteiger partial charge is 0.459 e. The molecule has 10 nitrogen and oxygen atoms in total. The Morgan fingerprint density at radius 2 is 1.87 bits per heavy atom. The molecule has 0 aromatic heterocycles. The minimum Gasteiger partial charge on any atom is -0.459 e. The summed E-state index contributed by atoms with van der Waals surface area (Å²) < 4.78 is 24.3. The van der Waals surface area contributed by atoms with Crippen LogP contribution in [-0.4, -0.2) is 71.9 Å². The summed E-state index contributed by atoms with van der Waals surface area (Å²) in [5.74, 6) is -4.95. The third-order valence-electron chi connectivity index (χ3n) is 5.10. The predicted octanol–water partition coefficient (Wildman–Crippen LogP) is -0.292. The van der Waals surface area contributed by atoms with Crippen molar-refractivity contribution in [2.75, 3.05) is 20.7 Å². The smallest absolute Gasteiger partial charge is 0.309 e. The lowest BCUT2D eigenvalue weighted by atomic mass is 10.1. The zero-order valence-corrected chi connectivity index (χ0v) is 17.1. The lowest BCUT2D eigenvalue weighted by molar-refractivity contribution is -0.210. The summed E-state index contributed by atoms with van der Waals surface area (Å²) in [5, 5.41) is 2.39. The van der Waals surface area contributed by atoms with Crippen LogP contribution in [0.1, 0.15) is 24.8 Å². The van der Waals surface area contributed by atoms with E-state index in [0.717, 1.165) is 0 Å². The number of imide groups is 1. The summed E-state index contributed by atoms with van der Waals surface area (Å²) in [6.45, 7) is -1.18. The Kier molecular flexibility index (Phi) is 6.34. The minimum atomic E-state index is -2.53. The number of hydrogen-bond acceptors (Lipinski definition) is 8. The van der Waals surface area contributed by atoms with Crippen LogP contribution >= 0.6 is 0 Å². The molecule has 0 aliphatic carbocycles. The summed E-state index contributed by atoms with van der Waals surface area (Å²) in [4.78, 5) is 65.1. The second-order valence-electron chi connectivity index (χ2n) is 7.44. The van der Waals surface area contributed by atoms with Gasteiger partial charge in [-0.3, -0.25) is 28.9 Å².